The van der Waals surface area contributed by atoms with Gasteiger partial charge in [-0.1, -0.05) is 30.7 Å². The van der Waals surface area contributed by atoms with Crippen molar-refractivity contribution in [3.63, 3.8) is 0 Å². The van der Waals surface area contributed by atoms with Crippen molar-refractivity contribution < 1.29 is 9.90 Å². The number of nitrogens with one attached hydrogen (secondary N) is 1. The Morgan fingerprint density at radius 2 is 2.35 bits per heavy atom. The van der Waals surface area contributed by atoms with Gasteiger partial charge in [0.2, 0.25) is 5.91 Å². The standard InChI is InChI=1S/C13H16ClNO2/c1-2-12(9-16)15-13(17)7-6-10-4-3-5-11(14)8-10/h3-8,12,16H,2,9H2,1H3,(H,15,17)/b7-6+/t12-/m0/s1. The molecule has 2 N–H and O–H groups in total. The van der Waals surface area contributed by atoms with E-state index in [1.807, 2.05) is 19.1 Å². The lowest BCUT2D eigenvalue weighted by molar-refractivity contribution is -0.117. The number of hydrogen-bond donors (Lipinski definition) is 2. The highest BCUT2D eigenvalue weighted by Crippen LogP contribution is 2.11. The fourth-order valence-electron chi connectivity index (χ4n) is 1.31. The molecule has 0 aliphatic rings. The quantitative estimate of drug-likeness (QED) is 0.791. The Morgan fingerprint density at radius 1 is 1.59 bits per heavy atom. The molecule has 0 bridgehead atoms. The van der Waals surface area contributed by atoms with Crippen LogP contribution < -0.4 is 5.32 Å². The third kappa shape index (κ3) is 5.02. The van der Waals surface area contributed by atoms with Crippen LogP contribution in [0.25, 0.3) is 6.08 Å². The van der Waals surface area contributed by atoms with Crippen LogP contribution in [0, 0.1) is 0 Å². The van der Waals surface area contributed by atoms with E-state index in [1.165, 1.54) is 6.08 Å². The normalized spacial score (nSPS) is 12.6. The molecule has 92 valence electrons. The van der Waals surface area contributed by atoms with Gasteiger partial charge in [0, 0.05) is 11.1 Å². The number of aliphatic hydroxyl groups is 1. The van der Waals surface area contributed by atoms with Gasteiger partial charge >= 0.3 is 0 Å². The first-order chi connectivity index (χ1) is 8.15. The molecule has 1 aromatic carbocycles. The van der Waals surface area contributed by atoms with E-state index in [0.717, 1.165) is 5.56 Å². The zero-order chi connectivity index (χ0) is 12.7. The first-order valence-electron chi connectivity index (χ1n) is 5.50. The van der Waals surface area contributed by atoms with Gasteiger partial charge < -0.3 is 10.4 Å². The Labute approximate surface area is 106 Å². The Balaban J connectivity index is 2.56. The molecule has 0 saturated carbocycles. The van der Waals surface area contributed by atoms with Crippen molar-refractivity contribution in [1.29, 1.82) is 0 Å². The van der Waals surface area contributed by atoms with E-state index < -0.39 is 0 Å². The predicted octanol–water partition coefficient (Wildman–Crippen LogP) is 2.24. The summed E-state index contributed by atoms with van der Waals surface area (Å²) in [4.78, 5) is 11.5. The van der Waals surface area contributed by atoms with Gasteiger partial charge in [-0.25, -0.2) is 0 Å². The molecule has 0 saturated heterocycles. The number of halogens is 1. The van der Waals surface area contributed by atoms with Crippen LogP contribution in [0.1, 0.15) is 18.9 Å². The van der Waals surface area contributed by atoms with E-state index in [0.29, 0.717) is 11.4 Å². The molecule has 3 nitrogen and oxygen atoms in total. The second-order valence-electron chi connectivity index (χ2n) is 3.68. The van der Waals surface area contributed by atoms with Gasteiger partial charge in [0.15, 0.2) is 0 Å². The first-order valence-corrected chi connectivity index (χ1v) is 5.88. The largest absolute Gasteiger partial charge is 0.394 e. The summed E-state index contributed by atoms with van der Waals surface area (Å²) in [6, 6.07) is 7.04. The summed E-state index contributed by atoms with van der Waals surface area (Å²) >= 11 is 5.82. The summed E-state index contributed by atoms with van der Waals surface area (Å²) in [5.74, 6) is -0.217. The molecular weight excluding hydrogens is 238 g/mol. The molecule has 0 radical (unpaired) electrons. The summed E-state index contributed by atoms with van der Waals surface area (Å²) in [5, 5.41) is 12.3. The average molecular weight is 254 g/mol. The number of benzene rings is 1. The maximum Gasteiger partial charge on any atom is 0.244 e. The minimum atomic E-state index is -0.217. The Hall–Kier alpha value is -1.32. The number of carbonyl (C=O) groups is 1. The van der Waals surface area contributed by atoms with Gasteiger partial charge in [-0.2, -0.15) is 0 Å². The van der Waals surface area contributed by atoms with E-state index in [9.17, 15) is 4.79 Å². The fourth-order valence-corrected chi connectivity index (χ4v) is 1.51. The first kappa shape index (κ1) is 13.7. The van der Waals surface area contributed by atoms with Gasteiger partial charge in [-0.15, -0.1) is 0 Å². The van der Waals surface area contributed by atoms with Crippen LogP contribution >= 0.6 is 11.6 Å². The molecule has 0 aromatic heterocycles. The van der Waals surface area contributed by atoms with Gasteiger partial charge in [0.05, 0.1) is 12.6 Å². The lowest BCUT2D eigenvalue weighted by Gasteiger charge is -2.11. The minimum Gasteiger partial charge on any atom is -0.394 e. The van der Waals surface area contributed by atoms with Gasteiger partial charge in [-0.05, 0) is 30.2 Å². The smallest absolute Gasteiger partial charge is 0.244 e. The zero-order valence-electron chi connectivity index (χ0n) is 9.69. The third-order valence-electron chi connectivity index (χ3n) is 2.34. The maximum absolute atomic E-state index is 11.5. The van der Waals surface area contributed by atoms with E-state index in [2.05, 4.69) is 5.32 Å². The monoisotopic (exact) mass is 253 g/mol. The van der Waals surface area contributed by atoms with Crippen LogP contribution in [-0.4, -0.2) is 23.7 Å². The van der Waals surface area contributed by atoms with E-state index in [1.54, 1.807) is 18.2 Å². The predicted molar refractivity (Wildman–Crippen MR) is 69.8 cm³/mol. The highest BCUT2D eigenvalue weighted by Gasteiger charge is 2.05. The molecule has 0 heterocycles. The van der Waals surface area contributed by atoms with Crippen molar-refractivity contribution >= 4 is 23.6 Å². The highest BCUT2D eigenvalue weighted by atomic mass is 35.5. The summed E-state index contributed by atoms with van der Waals surface area (Å²) in [7, 11) is 0. The number of aliphatic hydroxyl groups excluding tert-OH is 1. The second kappa shape index (κ2) is 7.09. The topological polar surface area (TPSA) is 49.3 Å². The molecule has 1 rings (SSSR count). The van der Waals surface area contributed by atoms with Crippen molar-refractivity contribution in [3.05, 3.63) is 40.9 Å². The van der Waals surface area contributed by atoms with E-state index >= 15 is 0 Å². The number of rotatable bonds is 5. The van der Waals surface area contributed by atoms with Crippen LogP contribution in [0.2, 0.25) is 5.02 Å². The van der Waals surface area contributed by atoms with Crippen molar-refractivity contribution in [2.24, 2.45) is 0 Å². The molecule has 0 unspecified atom stereocenters. The maximum atomic E-state index is 11.5. The fraction of sp³-hybridized carbons (Fsp3) is 0.308. The molecule has 1 atom stereocenters. The molecule has 4 heteroatoms. The second-order valence-corrected chi connectivity index (χ2v) is 4.12. The highest BCUT2D eigenvalue weighted by molar-refractivity contribution is 6.30. The number of amides is 1. The Morgan fingerprint density at radius 3 is 2.94 bits per heavy atom. The van der Waals surface area contributed by atoms with E-state index in [-0.39, 0.29) is 18.6 Å². The van der Waals surface area contributed by atoms with E-state index in [4.69, 9.17) is 16.7 Å². The van der Waals surface area contributed by atoms with Gasteiger partial charge in [0.25, 0.3) is 0 Å². The molecule has 1 amide bonds. The van der Waals surface area contributed by atoms with Gasteiger partial charge in [0.1, 0.15) is 0 Å². The van der Waals surface area contributed by atoms with Crippen LogP contribution in [0.5, 0.6) is 0 Å². The van der Waals surface area contributed by atoms with Crippen LogP contribution in [0.15, 0.2) is 30.3 Å². The molecule has 0 spiro atoms. The zero-order valence-corrected chi connectivity index (χ0v) is 10.4. The van der Waals surface area contributed by atoms with Crippen molar-refractivity contribution in [3.8, 4) is 0 Å². The van der Waals surface area contributed by atoms with Crippen LogP contribution in [-0.2, 0) is 4.79 Å². The molecule has 0 aliphatic heterocycles. The molecule has 17 heavy (non-hydrogen) atoms. The minimum absolute atomic E-state index is 0.0484. The molecule has 0 fully saturated rings. The van der Waals surface area contributed by atoms with Crippen molar-refractivity contribution in [1.82, 2.24) is 5.32 Å². The summed E-state index contributed by atoms with van der Waals surface area (Å²) in [5.41, 5.74) is 0.865. The average Bonchev–Trinajstić information content (AvgIpc) is 2.33. The molecule has 0 aliphatic carbocycles. The van der Waals surface area contributed by atoms with Gasteiger partial charge in [-0.3, -0.25) is 4.79 Å². The Bertz CT molecular complexity index is 400. The third-order valence-corrected chi connectivity index (χ3v) is 2.57. The SMILES string of the molecule is CC[C@@H](CO)NC(=O)/C=C/c1cccc(Cl)c1. The van der Waals surface area contributed by atoms with Crippen LogP contribution in [0.3, 0.4) is 0 Å². The summed E-state index contributed by atoms with van der Waals surface area (Å²) < 4.78 is 0. The number of carbonyl (C=O) groups excluding carboxylic acids is 1. The summed E-state index contributed by atoms with van der Waals surface area (Å²) in [6.07, 6.45) is 3.82. The lowest BCUT2D eigenvalue weighted by atomic mass is 10.2. The van der Waals surface area contributed by atoms with Crippen molar-refractivity contribution in [2.75, 3.05) is 6.61 Å². The summed E-state index contributed by atoms with van der Waals surface area (Å²) in [6.45, 7) is 1.86. The number of hydrogen-bond acceptors (Lipinski definition) is 2. The lowest BCUT2D eigenvalue weighted by Crippen LogP contribution is -2.35. The molecule has 1 aromatic rings. The Kier molecular flexibility index (Phi) is 5.73. The van der Waals surface area contributed by atoms with Crippen LogP contribution in [0.4, 0.5) is 0 Å². The van der Waals surface area contributed by atoms with Crippen molar-refractivity contribution in [2.45, 2.75) is 19.4 Å². The molecular formula is C13H16ClNO2.